The first-order valence-corrected chi connectivity index (χ1v) is 11.5. The third-order valence-electron chi connectivity index (χ3n) is 5.29. The van der Waals surface area contributed by atoms with Crippen LogP contribution in [-0.2, 0) is 10.2 Å². The first-order chi connectivity index (χ1) is 14.3. The molecule has 0 unspecified atom stereocenters. The second kappa shape index (κ2) is 9.64. The predicted octanol–water partition coefficient (Wildman–Crippen LogP) is 4.30. The first kappa shape index (κ1) is 22.3. The monoisotopic (exact) mass is 429 g/mol. The number of thioether (sulfide) groups is 1. The minimum atomic E-state index is -0.472. The molecule has 0 atom stereocenters. The van der Waals surface area contributed by atoms with Crippen LogP contribution in [0.2, 0.25) is 0 Å². The maximum absolute atomic E-state index is 12.1. The van der Waals surface area contributed by atoms with Crippen LogP contribution in [0.5, 0.6) is 0 Å². The molecule has 1 heterocycles. The third kappa shape index (κ3) is 5.41. The fourth-order valence-electron chi connectivity index (χ4n) is 3.68. The van der Waals surface area contributed by atoms with Crippen molar-refractivity contribution in [3.63, 3.8) is 0 Å². The molecule has 3 rings (SSSR count). The summed E-state index contributed by atoms with van der Waals surface area (Å²) in [7, 11) is 0. The molecule has 162 valence electrons. The van der Waals surface area contributed by atoms with Gasteiger partial charge in [0.25, 0.3) is 0 Å². The van der Waals surface area contributed by atoms with Gasteiger partial charge >= 0.3 is 6.03 Å². The number of hydrogen-bond donors (Lipinski definition) is 2. The SMILES string of the molecule is CCNC(=O)NC(=O)CSc1nnc(-c2ccc(C(C)(C)C)cc2)n1C1CCCC1. The maximum Gasteiger partial charge on any atom is 0.321 e. The summed E-state index contributed by atoms with van der Waals surface area (Å²) < 4.78 is 2.18. The van der Waals surface area contributed by atoms with E-state index in [9.17, 15) is 9.59 Å². The lowest BCUT2D eigenvalue weighted by Crippen LogP contribution is -2.40. The van der Waals surface area contributed by atoms with Crippen molar-refractivity contribution in [2.75, 3.05) is 12.3 Å². The van der Waals surface area contributed by atoms with Crippen molar-refractivity contribution in [3.05, 3.63) is 29.8 Å². The molecule has 0 bridgehead atoms. The highest BCUT2D eigenvalue weighted by Gasteiger charge is 2.25. The zero-order chi connectivity index (χ0) is 21.7. The number of rotatable bonds is 6. The first-order valence-electron chi connectivity index (χ1n) is 10.6. The van der Waals surface area contributed by atoms with E-state index in [1.54, 1.807) is 6.92 Å². The Balaban J connectivity index is 1.81. The summed E-state index contributed by atoms with van der Waals surface area (Å²) in [5.41, 5.74) is 2.40. The number of nitrogens with one attached hydrogen (secondary N) is 2. The van der Waals surface area contributed by atoms with E-state index in [1.807, 2.05) is 0 Å². The number of carbonyl (C=O) groups excluding carboxylic acids is 2. The van der Waals surface area contributed by atoms with Crippen LogP contribution in [0.25, 0.3) is 11.4 Å². The molecule has 2 N–H and O–H groups in total. The molecule has 0 saturated heterocycles. The van der Waals surface area contributed by atoms with Gasteiger partial charge in [0.1, 0.15) is 0 Å². The summed E-state index contributed by atoms with van der Waals surface area (Å²) >= 11 is 1.32. The van der Waals surface area contributed by atoms with Crippen LogP contribution < -0.4 is 10.6 Å². The van der Waals surface area contributed by atoms with E-state index in [0.29, 0.717) is 12.6 Å². The van der Waals surface area contributed by atoms with E-state index in [1.165, 1.54) is 30.2 Å². The lowest BCUT2D eigenvalue weighted by atomic mass is 9.86. The van der Waals surface area contributed by atoms with E-state index < -0.39 is 6.03 Å². The minimum absolute atomic E-state index is 0.0933. The molecule has 0 aliphatic heterocycles. The number of benzene rings is 1. The van der Waals surface area contributed by atoms with Crippen molar-refractivity contribution in [1.82, 2.24) is 25.4 Å². The molecule has 1 aliphatic carbocycles. The maximum atomic E-state index is 12.1. The van der Waals surface area contributed by atoms with Gasteiger partial charge in [-0.2, -0.15) is 0 Å². The summed E-state index contributed by atoms with van der Waals surface area (Å²) in [5.74, 6) is 0.613. The second-order valence-electron chi connectivity index (χ2n) is 8.64. The topological polar surface area (TPSA) is 88.9 Å². The molecule has 1 fully saturated rings. The Kier molecular flexibility index (Phi) is 7.18. The van der Waals surface area contributed by atoms with Crippen LogP contribution in [0.3, 0.4) is 0 Å². The van der Waals surface area contributed by atoms with Crippen LogP contribution in [0.4, 0.5) is 4.79 Å². The minimum Gasteiger partial charge on any atom is -0.338 e. The molecule has 8 heteroatoms. The van der Waals surface area contributed by atoms with E-state index in [4.69, 9.17) is 0 Å². The van der Waals surface area contributed by atoms with Crippen molar-refractivity contribution < 1.29 is 9.59 Å². The second-order valence-corrected chi connectivity index (χ2v) is 9.58. The molecule has 1 saturated carbocycles. The molecule has 0 spiro atoms. The molecular weight excluding hydrogens is 398 g/mol. The molecule has 1 aromatic carbocycles. The Morgan fingerprint density at radius 1 is 1.13 bits per heavy atom. The summed E-state index contributed by atoms with van der Waals surface area (Å²) in [6.07, 6.45) is 4.55. The molecular formula is C22H31N5O2S. The predicted molar refractivity (Wildman–Crippen MR) is 120 cm³/mol. The van der Waals surface area contributed by atoms with Gasteiger partial charge in [-0.15, -0.1) is 10.2 Å². The highest BCUT2D eigenvalue weighted by atomic mass is 32.2. The van der Waals surface area contributed by atoms with Gasteiger partial charge in [-0.05, 0) is 30.7 Å². The van der Waals surface area contributed by atoms with Crippen molar-refractivity contribution in [1.29, 1.82) is 0 Å². The molecule has 30 heavy (non-hydrogen) atoms. The largest absolute Gasteiger partial charge is 0.338 e. The standard InChI is InChI=1S/C22H31N5O2S/c1-5-23-20(29)24-18(28)14-30-21-26-25-19(27(21)17-8-6-7-9-17)15-10-12-16(13-11-15)22(2,3)4/h10-13,17H,5-9,14H2,1-4H3,(H2,23,24,28,29). The van der Waals surface area contributed by atoms with Gasteiger partial charge in [0.05, 0.1) is 5.75 Å². The molecule has 7 nitrogen and oxygen atoms in total. The fourth-order valence-corrected chi connectivity index (χ4v) is 4.49. The van der Waals surface area contributed by atoms with Gasteiger partial charge in [-0.25, -0.2) is 4.79 Å². The van der Waals surface area contributed by atoms with E-state index in [2.05, 4.69) is 70.4 Å². The van der Waals surface area contributed by atoms with Gasteiger partial charge in [0, 0.05) is 18.2 Å². The lowest BCUT2D eigenvalue weighted by molar-refractivity contribution is -0.117. The van der Waals surface area contributed by atoms with Crippen molar-refractivity contribution in [2.45, 2.75) is 70.0 Å². The van der Waals surface area contributed by atoms with Crippen molar-refractivity contribution >= 4 is 23.7 Å². The number of nitrogens with zero attached hydrogens (tertiary/aromatic N) is 3. The Hall–Kier alpha value is -2.35. The number of aromatic nitrogens is 3. The van der Waals surface area contributed by atoms with Gasteiger partial charge in [0.15, 0.2) is 11.0 Å². The molecule has 2 aromatic rings. The Bertz CT molecular complexity index is 880. The Morgan fingerprint density at radius 2 is 1.80 bits per heavy atom. The summed E-state index contributed by atoms with van der Waals surface area (Å²) in [4.78, 5) is 23.6. The average molecular weight is 430 g/mol. The van der Waals surface area contributed by atoms with Crippen LogP contribution in [-0.4, -0.2) is 39.0 Å². The number of carbonyl (C=O) groups is 2. The summed E-state index contributed by atoms with van der Waals surface area (Å²) in [5, 5.41) is 14.5. The van der Waals surface area contributed by atoms with Gasteiger partial charge < -0.3 is 5.32 Å². The van der Waals surface area contributed by atoms with Crippen LogP contribution in [0.15, 0.2) is 29.4 Å². The van der Waals surface area contributed by atoms with E-state index in [-0.39, 0.29) is 17.1 Å². The lowest BCUT2D eigenvalue weighted by Gasteiger charge is -2.20. The van der Waals surface area contributed by atoms with E-state index in [0.717, 1.165) is 29.4 Å². The number of amides is 3. The van der Waals surface area contributed by atoms with Crippen LogP contribution in [0.1, 0.15) is 65.0 Å². The van der Waals surface area contributed by atoms with Crippen LogP contribution in [0, 0.1) is 0 Å². The van der Waals surface area contributed by atoms with Crippen molar-refractivity contribution in [2.24, 2.45) is 0 Å². The van der Waals surface area contributed by atoms with Gasteiger partial charge in [-0.3, -0.25) is 14.7 Å². The Labute approximate surface area is 182 Å². The normalized spacial score (nSPS) is 14.7. The summed E-state index contributed by atoms with van der Waals surface area (Å²) in [6.45, 7) is 8.87. The fraction of sp³-hybridized carbons (Fsp3) is 0.545. The van der Waals surface area contributed by atoms with Crippen molar-refractivity contribution in [3.8, 4) is 11.4 Å². The number of imide groups is 1. The van der Waals surface area contributed by atoms with Crippen LogP contribution >= 0.6 is 11.8 Å². The summed E-state index contributed by atoms with van der Waals surface area (Å²) in [6, 6.07) is 8.37. The zero-order valence-corrected chi connectivity index (χ0v) is 19.0. The Morgan fingerprint density at radius 3 is 2.40 bits per heavy atom. The number of urea groups is 1. The van der Waals surface area contributed by atoms with Gasteiger partial charge in [0.2, 0.25) is 5.91 Å². The van der Waals surface area contributed by atoms with E-state index >= 15 is 0 Å². The number of hydrogen-bond acceptors (Lipinski definition) is 5. The highest BCUT2D eigenvalue weighted by Crippen LogP contribution is 2.37. The zero-order valence-electron chi connectivity index (χ0n) is 18.2. The highest BCUT2D eigenvalue weighted by molar-refractivity contribution is 7.99. The smallest absolute Gasteiger partial charge is 0.321 e. The molecule has 0 radical (unpaired) electrons. The third-order valence-corrected chi connectivity index (χ3v) is 6.23. The molecule has 1 aromatic heterocycles. The molecule has 1 aliphatic rings. The average Bonchev–Trinajstić information content (AvgIpc) is 3.35. The molecule has 3 amide bonds. The quantitative estimate of drug-likeness (QED) is 0.669. The van der Waals surface area contributed by atoms with Gasteiger partial charge in [-0.1, -0.05) is 69.6 Å².